The predicted molar refractivity (Wildman–Crippen MR) is 124 cm³/mol. The Kier molecular flexibility index (Phi) is 8.11. The van der Waals surface area contributed by atoms with Gasteiger partial charge in [-0.15, -0.1) is 0 Å². The van der Waals surface area contributed by atoms with E-state index in [0.29, 0.717) is 31.7 Å². The molecule has 0 aliphatic carbocycles. The van der Waals surface area contributed by atoms with Crippen molar-refractivity contribution in [2.24, 2.45) is 0 Å². The van der Waals surface area contributed by atoms with Gasteiger partial charge in [0.1, 0.15) is 5.75 Å². The van der Waals surface area contributed by atoms with E-state index >= 15 is 0 Å². The molecule has 3 fully saturated rings. The summed E-state index contributed by atoms with van der Waals surface area (Å²) in [6.45, 7) is 3.22. The lowest BCUT2D eigenvalue weighted by atomic mass is 9.96. The summed E-state index contributed by atoms with van der Waals surface area (Å²) in [5.41, 5.74) is 0. The molecule has 4 atom stereocenters. The number of carbonyl (C=O) groups excluding carboxylic acids is 1. The average molecular weight is 498 g/mol. The van der Waals surface area contributed by atoms with Gasteiger partial charge in [0.05, 0.1) is 56.0 Å². The van der Waals surface area contributed by atoms with Gasteiger partial charge in [0.15, 0.2) is 0 Å². The Morgan fingerprint density at radius 2 is 1.94 bits per heavy atom. The minimum absolute atomic E-state index is 0.0155. The van der Waals surface area contributed by atoms with Gasteiger partial charge < -0.3 is 29.1 Å². The first-order valence-electron chi connectivity index (χ1n) is 11.8. The number of sulfonamides is 1. The molecule has 4 rings (SSSR count). The maximum atomic E-state index is 13.6. The van der Waals surface area contributed by atoms with E-state index in [9.17, 15) is 18.3 Å². The summed E-state index contributed by atoms with van der Waals surface area (Å²) in [5, 5.41) is 10.4. The summed E-state index contributed by atoms with van der Waals surface area (Å²) in [7, 11) is -0.394. The van der Waals surface area contributed by atoms with Crippen molar-refractivity contribution >= 4 is 15.9 Å². The summed E-state index contributed by atoms with van der Waals surface area (Å²) >= 11 is 0. The number of ether oxygens (including phenoxy) is 3. The fourth-order valence-corrected chi connectivity index (χ4v) is 6.60. The van der Waals surface area contributed by atoms with E-state index in [1.54, 1.807) is 12.1 Å². The number of hydrogen-bond acceptors (Lipinski definition) is 8. The molecule has 0 aromatic heterocycles. The molecule has 1 amide bonds. The van der Waals surface area contributed by atoms with E-state index < -0.39 is 28.3 Å². The molecule has 1 aromatic carbocycles. The van der Waals surface area contributed by atoms with Crippen LogP contribution in [0.15, 0.2) is 29.2 Å². The van der Waals surface area contributed by atoms with Crippen LogP contribution in [0, 0.1) is 0 Å². The predicted octanol–water partition coefficient (Wildman–Crippen LogP) is 0.157. The van der Waals surface area contributed by atoms with E-state index in [4.69, 9.17) is 14.2 Å². The van der Waals surface area contributed by atoms with E-state index in [1.807, 2.05) is 11.9 Å². The number of piperazine rings is 1. The van der Waals surface area contributed by atoms with Crippen LogP contribution in [0.3, 0.4) is 0 Å². The Morgan fingerprint density at radius 3 is 2.68 bits per heavy atom. The first-order valence-corrected chi connectivity index (χ1v) is 13.3. The van der Waals surface area contributed by atoms with Gasteiger partial charge in [-0.2, -0.15) is 4.31 Å². The number of fused-ring (bicyclic) bond motifs is 1. The van der Waals surface area contributed by atoms with Crippen molar-refractivity contribution in [1.29, 1.82) is 0 Å². The molecule has 0 spiro atoms. The third-order valence-corrected chi connectivity index (χ3v) is 8.73. The number of benzene rings is 1. The van der Waals surface area contributed by atoms with Gasteiger partial charge in [-0.05, 0) is 32.0 Å². The number of carbonyl (C=O) groups is 1. The van der Waals surface area contributed by atoms with Gasteiger partial charge in [-0.1, -0.05) is 6.07 Å². The van der Waals surface area contributed by atoms with Crippen molar-refractivity contribution in [2.45, 2.75) is 48.5 Å². The molecule has 3 saturated heterocycles. The minimum Gasteiger partial charge on any atom is -0.497 e. The Balaban J connectivity index is 1.49. The van der Waals surface area contributed by atoms with Crippen molar-refractivity contribution in [3.05, 3.63) is 24.3 Å². The normalized spacial score (nSPS) is 29.7. The zero-order chi connectivity index (χ0) is 24.3. The van der Waals surface area contributed by atoms with Gasteiger partial charge >= 0.3 is 0 Å². The van der Waals surface area contributed by atoms with Crippen LogP contribution in [0.4, 0.5) is 0 Å². The van der Waals surface area contributed by atoms with Crippen LogP contribution >= 0.6 is 0 Å². The lowest BCUT2D eigenvalue weighted by molar-refractivity contribution is -0.152. The quantitative estimate of drug-likeness (QED) is 0.613. The topological polar surface area (TPSA) is 109 Å². The smallest absolute Gasteiger partial charge is 0.243 e. The molecule has 10 nitrogen and oxygen atoms in total. The molecule has 1 aromatic rings. The number of aliphatic hydroxyl groups is 1. The molecular formula is C23H35N3O7S. The highest BCUT2D eigenvalue weighted by Crippen LogP contribution is 2.32. The summed E-state index contributed by atoms with van der Waals surface area (Å²) in [5.74, 6) is 0.510. The monoisotopic (exact) mass is 497 g/mol. The van der Waals surface area contributed by atoms with Crippen LogP contribution in [0.1, 0.15) is 19.3 Å². The van der Waals surface area contributed by atoms with Crippen LogP contribution in [-0.2, 0) is 24.3 Å². The zero-order valence-electron chi connectivity index (χ0n) is 19.8. The maximum absolute atomic E-state index is 13.6. The lowest BCUT2D eigenvalue weighted by Gasteiger charge is -2.44. The Hall–Kier alpha value is -1.76. The van der Waals surface area contributed by atoms with E-state index in [0.717, 1.165) is 13.1 Å². The summed E-state index contributed by atoms with van der Waals surface area (Å²) < 4.78 is 45.6. The van der Waals surface area contributed by atoms with Crippen molar-refractivity contribution in [2.75, 3.05) is 60.1 Å². The summed E-state index contributed by atoms with van der Waals surface area (Å²) in [4.78, 5) is 17.0. The SMILES string of the molecule is COc1cccc(S(=O)(=O)N2C[C@@H](O)COC[C@@H]3O[C@@H](CC(=O)N4CCN(C)CC4)CC[C@H]32)c1. The molecule has 34 heavy (non-hydrogen) atoms. The highest BCUT2D eigenvalue weighted by Gasteiger charge is 2.43. The van der Waals surface area contributed by atoms with E-state index in [1.165, 1.54) is 23.5 Å². The Labute approximate surface area is 201 Å². The Bertz CT molecular complexity index is 952. The second-order valence-electron chi connectivity index (χ2n) is 9.27. The van der Waals surface area contributed by atoms with Crippen molar-refractivity contribution in [3.63, 3.8) is 0 Å². The number of β-amino-alcohol motifs (C(OH)–C–C–N with tert-alkyl or cyclic N) is 1. The van der Waals surface area contributed by atoms with Crippen LogP contribution in [-0.4, -0.2) is 118 Å². The van der Waals surface area contributed by atoms with Crippen LogP contribution < -0.4 is 4.74 Å². The van der Waals surface area contributed by atoms with Crippen LogP contribution in [0.5, 0.6) is 5.75 Å². The number of rotatable bonds is 5. The second kappa shape index (κ2) is 10.9. The highest BCUT2D eigenvalue weighted by molar-refractivity contribution is 7.89. The van der Waals surface area contributed by atoms with Crippen LogP contribution in [0.2, 0.25) is 0 Å². The van der Waals surface area contributed by atoms with E-state index in [-0.39, 0.29) is 43.1 Å². The first kappa shape index (κ1) is 25.3. The minimum atomic E-state index is -3.92. The van der Waals surface area contributed by atoms with Crippen molar-refractivity contribution < 1.29 is 32.5 Å². The van der Waals surface area contributed by atoms with Gasteiger partial charge in [0.25, 0.3) is 0 Å². The largest absolute Gasteiger partial charge is 0.497 e. The number of hydrogen-bond donors (Lipinski definition) is 1. The molecule has 0 radical (unpaired) electrons. The molecule has 0 bridgehead atoms. The Morgan fingerprint density at radius 1 is 1.18 bits per heavy atom. The number of nitrogens with zero attached hydrogens (tertiary/aromatic N) is 3. The maximum Gasteiger partial charge on any atom is 0.243 e. The van der Waals surface area contributed by atoms with E-state index in [2.05, 4.69) is 4.90 Å². The fraction of sp³-hybridized carbons (Fsp3) is 0.696. The van der Waals surface area contributed by atoms with Crippen molar-refractivity contribution in [3.8, 4) is 5.75 Å². The number of methoxy groups -OCH3 is 1. The second-order valence-corrected chi connectivity index (χ2v) is 11.2. The molecule has 3 heterocycles. The van der Waals surface area contributed by atoms with Gasteiger partial charge in [0, 0.05) is 38.8 Å². The molecule has 3 aliphatic rings. The molecular weight excluding hydrogens is 462 g/mol. The third kappa shape index (κ3) is 5.72. The third-order valence-electron chi connectivity index (χ3n) is 6.84. The number of likely N-dealkylation sites (N-methyl/N-ethyl adjacent to an activating group) is 1. The van der Waals surface area contributed by atoms with Gasteiger partial charge in [-0.25, -0.2) is 8.42 Å². The van der Waals surface area contributed by atoms with Crippen LogP contribution in [0.25, 0.3) is 0 Å². The summed E-state index contributed by atoms with van der Waals surface area (Å²) in [6, 6.07) is 5.82. The molecule has 0 saturated carbocycles. The van der Waals surface area contributed by atoms with Gasteiger partial charge in [0.2, 0.25) is 15.9 Å². The summed E-state index contributed by atoms with van der Waals surface area (Å²) in [6.07, 6.45) is -0.406. The molecule has 1 N–H and O–H groups in total. The zero-order valence-corrected chi connectivity index (χ0v) is 20.7. The standard InChI is InChI=1S/C23H35N3O7S/c1-24-8-10-25(11-9-24)23(28)13-19-6-7-21-22(33-19)16-32-15-17(27)14-26(21)34(29,30)20-5-3-4-18(12-20)31-2/h3-5,12,17,19,21-22,27H,6-11,13-16H2,1-2H3/t17-,19-,21-,22+/m1/s1. The average Bonchev–Trinajstić information content (AvgIpc) is 2.82. The molecule has 190 valence electrons. The first-order chi connectivity index (χ1) is 16.3. The molecule has 3 aliphatic heterocycles. The van der Waals surface area contributed by atoms with Gasteiger partial charge in [-0.3, -0.25) is 4.79 Å². The highest BCUT2D eigenvalue weighted by atomic mass is 32.2. The van der Waals surface area contributed by atoms with Crippen molar-refractivity contribution in [1.82, 2.24) is 14.1 Å². The molecule has 11 heteroatoms. The molecule has 0 unspecified atom stereocenters. The number of amides is 1. The number of aliphatic hydroxyl groups excluding tert-OH is 1. The lowest BCUT2D eigenvalue weighted by Crippen LogP contribution is -2.57. The fourth-order valence-electron chi connectivity index (χ4n) is 4.85.